The van der Waals surface area contributed by atoms with E-state index in [9.17, 15) is 0 Å². The van der Waals surface area contributed by atoms with E-state index in [0.717, 1.165) is 10.2 Å². The van der Waals surface area contributed by atoms with Crippen molar-refractivity contribution >= 4 is 43.2 Å². The molecule has 1 rings (SSSR count). The van der Waals surface area contributed by atoms with Gasteiger partial charge in [-0.2, -0.15) is 0 Å². The average Bonchev–Trinajstić information content (AvgIpc) is 2.71. The third-order valence-electron chi connectivity index (χ3n) is 3.45. The van der Waals surface area contributed by atoms with Gasteiger partial charge in [-0.1, -0.05) is 58.3 Å². The van der Waals surface area contributed by atoms with E-state index in [-0.39, 0.29) is 6.04 Å². The van der Waals surface area contributed by atoms with Gasteiger partial charge < -0.3 is 5.73 Å². The van der Waals surface area contributed by atoms with E-state index in [0.29, 0.717) is 0 Å². The van der Waals surface area contributed by atoms with Gasteiger partial charge in [-0.05, 0) is 49.9 Å². The molecule has 2 N–H and O–H groups in total. The third kappa shape index (κ3) is 7.26. The number of hydrogen-bond donors (Lipinski definition) is 1. The Bertz CT molecular complexity index is 352. The molecule has 0 fully saturated rings. The normalized spacial score (nSPS) is 12.8. The van der Waals surface area contributed by atoms with Crippen LogP contribution in [0.5, 0.6) is 0 Å². The van der Waals surface area contributed by atoms with Gasteiger partial charge in [-0.15, -0.1) is 11.3 Å². The van der Waals surface area contributed by atoms with Crippen LogP contribution in [-0.2, 0) is 0 Å². The molecular formula is C15H25Br2NS. The SMILES string of the molecule is CCCCCCCCCCC(N)c1cc(Br)sc1Br. The largest absolute Gasteiger partial charge is 0.324 e. The molecule has 1 aromatic heterocycles. The van der Waals surface area contributed by atoms with Crippen molar-refractivity contribution in [1.82, 2.24) is 0 Å². The lowest BCUT2D eigenvalue weighted by molar-refractivity contribution is 0.536. The van der Waals surface area contributed by atoms with E-state index in [1.165, 1.54) is 60.7 Å². The average molecular weight is 411 g/mol. The molecule has 0 amide bonds. The first kappa shape index (κ1) is 17.7. The van der Waals surface area contributed by atoms with Crippen molar-refractivity contribution < 1.29 is 0 Å². The molecule has 110 valence electrons. The molecule has 0 aliphatic heterocycles. The Morgan fingerprint density at radius 1 is 1.05 bits per heavy atom. The van der Waals surface area contributed by atoms with Crippen LogP contribution in [0.25, 0.3) is 0 Å². The second-order valence-electron chi connectivity index (χ2n) is 5.15. The minimum absolute atomic E-state index is 0.178. The van der Waals surface area contributed by atoms with E-state index in [1.807, 2.05) is 0 Å². The van der Waals surface area contributed by atoms with E-state index in [1.54, 1.807) is 11.3 Å². The van der Waals surface area contributed by atoms with Gasteiger partial charge in [0.2, 0.25) is 0 Å². The molecule has 1 aromatic rings. The highest BCUT2D eigenvalue weighted by Crippen LogP contribution is 2.36. The minimum Gasteiger partial charge on any atom is -0.324 e. The highest BCUT2D eigenvalue weighted by molar-refractivity contribution is 9.12. The topological polar surface area (TPSA) is 26.0 Å². The molecule has 4 heteroatoms. The number of hydrogen-bond acceptors (Lipinski definition) is 2. The monoisotopic (exact) mass is 409 g/mol. The molecule has 0 aliphatic rings. The molecule has 1 nitrogen and oxygen atoms in total. The van der Waals surface area contributed by atoms with Crippen LogP contribution in [0.3, 0.4) is 0 Å². The summed E-state index contributed by atoms with van der Waals surface area (Å²) < 4.78 is 2.33. The molecule has 0 aromatic carbocycles. The van der Waals surface area contributed by atoms with Crippen LogP contribution in [0.15, 0.2) is 13.6 Å². The predicted molar refractivity (Wildman–Crippen MR) is 93.9 cm³/mol. The van der Waals surface area contributed by atoms with Gasteiger partial charge in [-0.25, -0.2) is 0 Å². The fraction of sp³-hybridized carbons (Fsp3) is 0.733. The maximum atomic E-state index is 6.25. The van der Waals surface area contributed by atoms with Crippen LogP contribution in [0, 0.1) is 0 Å². The molecule has 0 spiro atoms. The Morgan fingerprint density at radius 2 is 1.63 bits per heavy atom. The second kappa shape index (κ2) is 10.4. The van der Waals surface area contributed by atoms with Crippen LogP contribution in [-0.4, -0.2) is 0 Å². The van der Waals surface area contributed by atoms with Crippen molar-refractivity contribution in [3.8, 4) is 0 Å². The zero-order valence-corrected chi connectivity index (χ0v) is 15.7. The van der Waals surface area contributed by atoms with Crippen molar-refractivity contribution in [1.29, 1.82) is 0 Å². The van der Waals surface area contributed by atoms with Gasteiger partial charge in [-0.3, -0.25) is 0 Å². The summed E-state index contributed by atoms with van der Waals surface area (Å²) in [6, 6.07) is 2.32. The smallest absolute Gasteiger partial charge is 0.0758 e. The molecule has 1 atom stereocenters. The van der Waals surface area contributed by atoms with E-state index < -0.39 is 0 Å². The first-order valence-corrected chi connectivity index (χ1v) is 9.75. The Kier molecular flexibility index (Phi) is 9.64. The van der Waals surface area contributed by atoms with Crippen LogP contribution in [0.4, 0.5) is 0 Å². The number of rotatable bonds is 10. The van der Waals surface area contributed by atoms with Gasteiger partial charge in [0.1, 0.15) is 0 Å². The maximum absolute atomic E-state index is 6.25. The predicted octanol–water partition coefficient (Wildman–Crippen LogP) is 6.80. The maximum Gasteiger partial charge on any atom is 0.0758 e. The minimum atomic E-state index is 0.178. The van der Waals surface area contributed by atoms with Crippen LogP contribution >= 0.6 is 43.2 Å². The molecule has 1 unspecified atom stereocenters. The van der Waals surface area contributed by atoms with Crippen LogP contribution in [0.2, 0.25) is 0 Å². The third-order valence-corrected chi connectivity index (χ3v) is 5.84. The van der Waals surface area contributed by atoms with E-state index in [2.05, 4.69) is 44.8 Å². The zero-order valence-electron chi connectivity index (χ0n) is 11.8. The summed E-state index contributed by atoms with van der Waals surface area (Å²) in [4.78, 5) is 0. The zero-order chi connectivity index (χ0) is 14.1. The summed E-state index contributed by atoms with van der Waals surface area (Å²) in [5.41, 5.74) is 7.50. The van der Waals surface area contributed by atoms with Crippen LogP contribution < -0.4 is 5.73 Å². The molecule has 0 aliphatic carbocycles. The Labute approximate surface area is 138 Å². The van der Waals surface area contributed by atoms with Crippen molar-refractivity contribution in [3.05, 3.63) is 19.2 Å². The lowest BCUT2D eigenvalue weighted by Gasteiger charge is -2.10. The molecule has 0 saturated heterocycles. The molecule has 0 radical (unpaired) electrons. The first-order valence-electron chi connectivity index (χ1n) is 7.35. The van der Waals surface area contributed by atoms with Crippen molar-refractivity contribution in [2.75, 3.05) is 0 Å². The molecule has 1 heterocycles. The molecule has 0 bridgehead atoms. The van der Waals surface area contributed by atoms with Crippen molar-refractivity contribution in [2.24, 2.45) is 5.73 Å². The summed E-state index contributed by atoms with van der Waals surface area (Å²) in [5.74, 6) is 0. The number of nitrogens with two attached hydrogens (primary N) is 1. The van der Waals surface area contributed by atoms with Gasteiger partial charge in [0, 0.05) is 6.04 Å². The summed E-state index contributed by atoms with van der Waals surface area (Å²) in [5, 5.41) is 0. The second-order valence-corrected chi connectivity index (χ2v) is 8.90. The standard InChI is InChI=1S/C15H25Br2NS/c1-2-3-4-5-6-7-8-9-10-13(18)12-11-14(16)19-15(12)17/h11,13H,2-10,18H2,1H3. The summed E-state index contributed by atoms with van der Waals surface area (Å²) in [6.07, 6.45) is 12.0. The first-order chi connectivity index (χ1) is 9.15. The van der Waals surface area contributed by atoms with Gasteiger partial charge in [0.25, 0.3) is 0 Å². The van der Waals surface area contributed by atoms with Crippen molar-refractivity contribution in [3.63, 3.8) is 0 Å². The summed E-state index contributed by atoms with van der Waals surface area (Å²) >= 11 is 8.80. The van der Waals surface area contributed by atoms with E-state index >= 15 is 0 Å². The fourth-order valence-corrected chi connectivity index (χ4v) is 5.26. The Hall–Kier alpha value is 0.620. The molecule has 0 saturated carbocycles. The quantitative estimate of drug-likeness (QED) is 0.421. The number of halogens is 2. The van der Waals surface area contributed by atoms with Gasteiger partial charge >= 0.3 is 0 Å². The lowest BCUT2D eigenvalue weighted by atomic mass is 10.0. The van der Waals surface area contributed by atoms with Gasteiger partial charge in [0.15, 0.2) is 0 Å². The highest BCUT2D eigenvalue weighted by atomic mass is 79.9. The summed E-state index contributed by atoms with van der Waals surface area (Å²) in [6.45, 7) is 2.27. The Balaban J connectivity index is 2.08. The van der Waals surface area contributed by atoms with Crippen LogP contribution in [0.1, 0.15) is 76.3 Å². The van der Waals surface area contributed by atoms with Crippen molar-refractivity contribution in [2.45, 2.75) is 70.8 Å². The summed E-state index contributed by atoms with van der Waals surface area (Å²) in [7, 11) is 0. The molecule has 19 heavy (non-hydrogen) atoms. The molecular weight excluding hydrogens is 386 g/mol. The van der Waals surface area contributed by atoms with Gasteiger partial charge in [0.05, 0.1) is 7.57 Å². The highest BCUT2D eigenvalue weighted by Gasteiger charge is 2.12. The number of unbranched alkanes of at least 4 members (excludes halogenated alkanes) is 7. The van der Waals surface area contributed by atoms with E-state index in [4.69, 9.17) is 5.73 Å². The lowest BCUT2D eigenvalue weighted by Crippen LogP contribution is -2.09. The fourth-order valence-electron chi connectivity index (χ4n) is 2.26. The number of thiophene rings is 1. The Morgan fingerprint density at radius 3 is 2.16 bits per heavy atom.